The summed E-state index contributed by atoms with van der Waals surface area (Å²) in [5.41, 5.74) is 1.82. The third-order valence-electron chi connectivity index (χ3n) is 3.33. The van der Waals surface area contributed by atoms with E-state index in [-0.39, 0.29) is 5.91 Å². The standard InChI is InChI=1S/C19H22ClNO3/c1-2-23-14-15-7-5-8-16(13-15)21-19(22)11-6-12-24-18-10-4-3-9-17(18)20/h3-5,7-10,13H,2,6,11-12,14H2,1H3,(H,21,22). The quantitative estimate of drug-likeness (QED) is 0.670. The van der Waals surface area contributed by atoms with Crippen LogP contribution >= 0.6 is 11.6 Å². The lowest BCUT2D eigenvalue weighted by molar-refractivity contribution is -0.116. The van der Waals surface area contributed by atoms with Gasteiger partial charge in [0.2, 0.25) is 5.91 Å². The van der Waals surface area contributed by atoms with Crippen LogP contribution in [-0.2, 0) is 16.1 Å². The van der Waals surface area contributed by atoms with Gasteiger partial charge in [-0.25, -0.2) is 0 Å². The van der Waals surface area contributed by atoms with Crippen LogP contribution < -0.4 is 10.1 Å². The Hall–Kier alpha value is -2.04. The van der Waals surface area contributed by atoms with Crippen molar-refractivity contribution in [3.05, 3.63) is 59.1 Å². The number of amides is 1. The van der Waals surface area contributed by atoms with Crippen LogP contribution in [0.1, 0.15) is 25.3 Å². The minimum Gasteiger partial charge on any atom is -0.492 e. The molecule has 5 heteroatoms. The van der Waals surface area contributed by atoms with Gasteiger partial charge in [0.15, 0.2) is 0 Å². The number of ether oxygens (including phenoxy) is 2. The predicted octanol–water partition coefficient (Wildman–Crippen LogP) is 4.67. The van der Waals surface area contributed by atoms with Crippen LogP contribution in [0, 0.1) is 0 Å². The highest BCUT2D eigenvalue weighted by molar-refractivity contribution is 6.32. The lowest BCUT2D eigenvalue weighted by atomic mass is 10.2. The summed E-state index contributed by atoms with van der Waals surface area (Å²) in [5.74, 6) is 0.606. The summed E-state index contributed by atoms with van der Waals surface area (Å²) in [7, 11) is 0. The molecule has 1 amide bonds. The molecule has 0 radical (unpaired) electrons. The molecule has 128 valence electrons. The molecule has 2 aromatic carbocycles. The molecular weight excluding hydrogens is 326 g/mol. The summed E-state index contributed by atoms with van der Waals surface area (Å²) in [6.45, 7) is 3.62. The normalized spacial score (nSPS) is 10.4. The number of hydrogen-bond donors (Lipinski definition) is 1. The average molecular weight is 348 g/mol. The number of carbonyl (C=O) groups is 1. The van der Waals surface area contributed by atoms with E-state index < -0.39 is 0 Å². The van der Waals surface area contributed by atoms with E-state index in [1.165, 1.54) is 0 Å². The highest BCUT2D eigenvalue weighted by atomic mass is 35.5. The van der Waals surface area contributed by atoms with Crippen molar-refractivity contribution in [2.75, 3.05) is 18.5 Å². The molecule has 2 rings (SSSR count). The van der Waals surface area contributed by atoms with E-state index in [2.05, 4.69) is 5.32 Å². The summed E-state index contributed by atoms with van der Waals surface area (Å²) in [4.78, 5) is 12.0. The van der Waals surface area contributed by atoms with Crippen LogP contribution in [0.4, 0.5) is 5.69 Å². The van der Waals surface area contributed by atoms with Crippen molar-refractivity contribution in [3.63, 3.8) is 0 Å². The van der Waals surface area contributed by atoms with Gasteiger partial charge in [-0.2, -0.15) is 0 Å². The number of nitrogens with one attached hydrogen (secondary N) is 1. The Labute approximate surface area is 147 Å². The highest BCUT2D eigenvalue weighted by Crippen LogP contribution is 2.23. The third kappa shape index (κ3) is 6.22. The summed E-state index contributed by atoms with van der Waals surface area (Å²) in [6, 6.07) is 15.0. The minimum absolute atomic E-state index is 0.0358. The number of hydrogen-bond acceptors (Lipinski definition) is 3. The topological polar surface area (TPSA) is 47.6 Å². The Bertz CT molecular complexity index is 661. The first-order valence-corrected chi connectivity index (χ1v) is 8.40. The SMILES string of the molecule is CCOCc1cccc(NC(=O)CCCOc2ccccc2Cl)c1. The van der Waals surface area contributed by atoms with Crippen molar-refractivity contribution in [3.8, 4) is 5.75 Å². The van der Waals surface area contributed by atoms with Gasteiger partial charge in [-0.05, 0) is 43.2 Å². The van der Waals surface area contributed by atoms with Gasteiger partial charge < -0.3 is 14.8 Å². The molecule has 1 N–H and O–H groups in total. The number of halogens is 1. The van der Waals surface area contributed by atoms with E-state index in [0.717, 1.165) is 11.3 Å². The third-order valence-corrected chi connectivity index (χ3v) is 3.64. The second-order valence-corrected chi connectivity index (χ2v) is 5.68. The van der Waals surface area contributed by atoms with Crippen LogP contribution in [0.15, 0.2) is 48.5 Å². The minimum atomic E-state index is -0.0358. The van der Waals surface area contributed by atoms with Gasteiger partial charge in [-0.3, -0.25) is 4.79 Å². The van der Waals surface area contributed by atoms with Crippen molar-refractivity contribution in [1.29, 1.82) is 0 Å². The van der Waals surface area contributed by atoms with Crippen molar-refractivity contribution in [2.24, 2.45) is 0 Å². The molecule has 0 spiro atoms. The Morgan fingerprint density at radius 2 is 2.00 bits per heavy atom. The fraction of sp³-hybridized carbons (Fsp3) is 0.316. The van der Waals surface area contributed by atoms with Crippen LogP contribution in [0.3, 0.4) is 0 Å². The van der Waals surface area contributed by atoms with Gasteiger partial charge in [0.1, 0.15) is 5.75 Å². The first-order chi connectivity index (χ1) is 11.7. The molecule has 24 heavy (non-hydrogen) atoms. The van der Waals surface area contributed by atoms with E-state index in [4.69, 9.17) is 21.1 Å². The largest absolute Gasteiger partial charge is 0.492 e. The van der Waals surface area contributed by atoms with Gasteiger partial charge in [0.05, 0.1) is 18.2 Å². The lowest BCUT2D eigenvalue weighted by Crippen LogP contribution is -2.13. The van der Waals surface area contributed by atoms with Gasteiger partial charge in [-0.1, -0.05) is 35.9 Å². The van der Waals surface area contributed by atoms with Crippen LogP contribution in [0.25, 0.3) is 0 Å². The molecule has 4 nitrogen and oxygen atoms in total. The van der Waals surface area contributed by atoms with E-state index in [0.29, 0.717) is 43.4 Å². The zero-order valence-electron chi connectivity index (χ0n) is 13.8. The van der Waals surface area contributed by atoms with Gasteiger partial charge in [-0.15, -0.1) is 0 Å². The zero-order valence-corrected chi connectivity index (χ0v) is 14.5. The van der Waals surface area contributed by atoms with Gasteiger partial charge in [0.25, 0.3) is 0 Å². The molecule has 0 fully saturated rings. The maximum Gasteiger partial charge on any atom is 0.224 e. The molecule has 0 aromatic heterocycles. The maximum atomic E-state index is 12.0. The molecule has 2 aromatic rings. The van der Waals surface area contributed by atoms with Crippen molar-refractivity contribution >= 4 is 23.2 Å². The number of para-hydroxylation sites is 1. The van der Waals surface area contributed by atoms with E-state index in [1.807, 2.05) is 49.4 Å². The van der Waals surface area contributed by atoms with E-state index >= 15 is 0 Å². The Balaban J connectivity index is 1.72. The second-order valence-electron chi connectivity index (χ2n) is 5.27. The summed E-state index contributed by atoms with van der Waals surface area (Å²) in [5, 5.41) is 3.47. The summed E-state index contributed by atoms with van der Waals surface area (Å²) < 4.78 is 10.9. The molecule has 0 bridgehead atoms. The fourth-order valence-corrected chi connectivity index (χ4v) is 2.35. The average Bonchev–Trinajstić information content (AvgIpc) is 2.58. The molecule has 0 aliphatic rings. The monoisotopic (exact) mass is 347 g/mol. The van der Waals surface area contributed by atoms with Gasteiger partial charge >= 0.3 is 0 Å². The molecule has 0 aliphatic carbocycles. The number of anilines is 1. The Morgan fingerprint density at radius 3 is 2.79 bits per heavy atom. The first-order valence-electron chi connectivity index (χ1n) is 8.03. The van der Waals surface area contributed by atoms with E-state index in [9.17, 15) is 4.79 Å². The first kappa shape index (κ1) is 18.3. The fourth-order valence-electron chi connectivity index (χ4n) is 2.16. The summed E-state index contributed by atoms with van der Waals surface area (Å²) in [6.07, 6.45) is 1.01. The number of benzene rings is 2. The Morgan fingerprint density at radius 1 is 1.17 bits per heavy atom. The highest BCUT2D eigenvalue weighted by Gasteiger charge is 2.05. The predicted molar refractivity (Wildman–Crippen MR) is 96.6 cm³/mol. The van der Waals surface area contributed by atoms with Crippen molar-refractivity contribution in [1.82, 2.24) is 0 Å². The smallest absolute Gasteiger partial charge is 0.224 e. The molecule has 0 aliphatic heterocycles. The molecule has 0 atom stereocenters. The molecule has 0 saturated carbocycles. The van der Waals surface area contributed by atoms with Crippen LogP contribution in [0.5, 0.6) is 5.75 Å². The van der Waals surface area contributed by atoms with Crippen molar-refractivity contribution in [2.45, 2.75) is 26.4 Å². The maximum absolute atomic E-state index is 12.0. The molecule has 0 unspecified atom stereocenters. The Kier molecular flexibility index (Phi) is 7.59. The zero-order chi connectivity index (χ0) is 17.2. The van der Waals surface area contributed by atoms with Crippen LogP contribution in [0.2, 0.25) is 5.02 Å². The van der Waals surface area contributed by atoms with Gasteiger partial charge in [0, 0.05) is 18.7 Å². The molecular formula is C19H22ClNO3. The summed E-state index contributed by atoms with van der Waals surface area (Å²) >= 11 is 6.01. The lowest BCUT2D eigenvalue weighted by Gasteiger charge is -2.09. The van der Waals surface area contributed by atoms with Crippen LogP contribution in [-0.4, -0.2) is 19.1 Å². The van der Waals surface area contributed by atoms with E-state index in [1.54, 1.807) is 6.07 Å². The second kappa shape index (κ2) is 9.96. The number of rotatable bonds is 9. The molecule has 0 saturated heterocycles. The molecule has 0 heterocycles. The van der Waals surface area contributed by atoms with Crippen molar-refractivity contribution < 1.29 is 14.3 Å². The number of carbonyl (C=O) groups excluding carboxylic acids is 1.